The summed E-state index contributed by atoms with van der Waals surface area (Å²) in [6.07, 6.45) is 0.182. The molecule has 0 spiro atoms. The Morgan fingerprint density at radius 1 is 1.44 bits per heavy atom. The average molecular weight is 253 g/mol. The Labute approximate surface area is 103 Å². The Kier molecular flexibility index (Phi) is 3.27. The van der Waals surface area contributed by atoms with Crippen molar-refractivity contribution in [3.63, 3.8) is 0 Å². The number of hydrogen-bond donors (Lipinski definition) is 1. The summed E-state index contributed by atoms with van der Waals surface area (Å²) in [6, 6.07) is 2.58. The minimum absolute atomic E-state index is 0.0501. The van der Waals surface area contributed by atoms with E-state index in [2.05, 4.69) is 4.99 Å². The summed E-state index contributed by atoms with van der Waals surface area (Å²) in [5.74, 6) is -0.857. The van der Waals surface area contributed by atoms with Crippen molar-refractivity contribution in [2.45, 2.75) is 19.4 Å². The van der Waals surface area contributed by atoms with Gasteiger partial charge in [0.15, 0.2) is 0 Å². The number of nitrogens with two attached hydrogens (primary N) is 1. The van der Waals surface area contributed by atoms with Crippen LogP contribution in [0.2, 0.25) is 0 Å². The smallest absolute Gasteiger partial charge is 0.320 e. The molecule has 1 aromatic rings. The minimum Gasteiger partial charge on any atom is -0.351 e. The molecular formula is C12H13F2N3O. The number of halogens is 2. The van der Waals surface area contributed by atoms with Crippen molar-refractivity contribution >= 4 is 11.9 Å². The van der Waals surface area contributed by atoms with Crippen LogP contribution in [-0.2, 0) is 6.42 Å². The molecule has 0 saturated carbocycles. The van der Waals surface area contributed by atoms with Crippen LogP contribution in [-0.4, -0.2) is 29.4 Å². The van der Waals surface area contributed by atoms with Crippen LogP contribution in [0.5, 0.6) is 0 Å². The highest BCUT2D eigenvalue weighted by Crippen LogP contribution is 2.15. The van der Waals surface area contributed by atoms with Gasteiger partial charge in [-0.05, 0) is 24.6 Å². The third kappa shape index (κ3) is 2.64. The van der Waals surface area contributed by atoms with E-state index < -0.39 is 17.7 Å². The van der Waals surface area contributed by atoms with Gasteiger partial charge >= 0.3 is 6.03 Å². The molecule has 0 bridgehead atoms. The highest BCUT2D eigenvalue weighted by Gasteiger charge is 2.26. The Morgan fingerprint density at radius 2 is 2.06 bits per heavy atom. The fourth-order valence-corrected chi connectivity index (χ4v) is 1.99. The number of nitrogens with zero attached hydrogens (tertiary/aromatic N) is 2. The Balaban J connectivity index is 2.22. The number of amides is 2. The number of primary amides is 1. The van der Waals surface area contributed by atoms with Gasteiger partial charge in [-0.15, -0.1) is 0 Å². The zero-order chi connectivity index (χ0) is 13.3. The lowest BCUT2D eigenvalue weighted by Crippen LogP contribution is -2.40. The molecule has 0 aliphatic carbocycles. The first-order valence-corrected chi connectivity index (χ1v) is 5.54. The topological polar surface area (TPSA) is 58.7 Å². The Morgan fingerprint density at radius 3 is 2.61 bits per heavy atom. The van der Waals surface area contributed by atoms with Crippen LogP contribution in [0.1, 0.15) is 12.5 Å². The maximum absolute atomic E-state index is 13.0. The molecule has 2 rings (SSSR count). The summed E-state index contributed by atoms with van der Waals surface area (Å²) in [6.45, 7) is 2.25. The third-order valence-corrected chi connectivity index (χ3v) is 2.68. The van der Waals surface area contributed by atoms with E-state index in [9.17, 15) is 13.6 Å². The second-order valence-corrected chi connectivity index (χ2v) is 4.30. The second-order valence-electron chi connectivity index (χ2n) is 4.30. The lowest BCUT2D eigenvalue weighted by atomic mass is 10.1. The van der Waals surface area contributed by atoms with E-state index in [1.54, 1.807) is 0 Å². The van der Waals surface area contributed by atoms with Crippen LogP contribution in [0.25, 0.3) is 0 Å². The van der Waals surface area contributed by atoms with Crippen LogP contribution in [0.4, 0.5) is 13.6 Å². The highest BCUT2D eigenvalue weighted by molar-refractivity contribution is 5.99. The fraction of sp³-hybridized carbons (Fsp3) is 0.333. The number of amidine groups is 1. The number of urea groups is 1. The van der Waals surface area contributed by atoms with E-state index in [0.29, 0.717) is 17.9 Å². The molecule has 1 aromatic carbocycles. The van der Waals surface area contributed by atoms with E-state index in [-0.39, 0.29) is 12.5 Å². The molecule has 1 aliphatic rings. The van der Waals surface area contributed by atoms with E-state index in [0.717, 1.165) is 6.07 Å². The van der Waals surface area contributed by atoms with Crippen LogP contribution in [0.3, 0.4) is 0 Å². The molecule has 1 atom stereocenters. The maximum Gasteiger partial charge on any atom is 0.320 e. The zero-order valence-corrected chi connectivity index (χ0v) is 9.86. The summed E-state index contributed by atoms with van der Waals surface area (Å²) in [5.41, 5.74) is 5.64. The molecule has 18 heavy (non-hydrogen) atoms. The fourth-order valence-electron chi connectivity index (χ4n) is 1.99. The van der Waals surface area contributed by atoms with Crippen molar-refractivity contribution in [2.75, 3.05) is 6.54 Å². The van der Waals surface area contributed by atoms with Gasteiger partial charge < -0.3 is 5.73 Å². The monoisotopic (exact) mass is 253 g/mol. The van der Waals surface area contributed by atoms with Crippen molar-refractivity contribution < 1.29 is 13.6 Å². The third-order valence-electron chi connectivity index (χ3n) is 2.68. The van der Waals surface area contributed by atoms with E-state index >= 15 is 0 Å². The van der Waals surface area contributed by atoms with E-state index in [4.69, 9.17) is 5.73 Å². The van der Waals surface area contributed by atoms with Gasteiger partial charge in [0.25, 0.3) is 0 Å². The van der Waals surface area contributed by atoms with Crippen molar-refractivity contribution in [2.24, 2.45) is 10.7 Å². The van der Waals surface area contributed by atoms with Gasteiger partial charge in [-0.3, -0.25) is 9.89 Å². The molecule has 0 radical (unpaired) electrons. The van der Waals surface area contributed by atoms with Gasteiger partial charge in [-0.1, -0.05) is 0 Å². The number of hydrogen-bond acceptors (Lipinski definition) is 2. The molecule has 2 amide bonds. The van der Waals surface area contributed by atoms with Gasteiger partial charge in [-0.2, -0.15) is 0 Å². The second kappa shape index (κ2) is 4.72. The van der Waals surface area contributed by atoms with Gasteiger partial charge in [0.05, 0.1) is 12.6 Å². The Bertz CT molecular complexity index is 496. The predicted octanol–water partition coefficient (Wildman–Crippen LogP) is 1.69. The number of aliphatic imine (C=N–C) groups is 1. The van der Waals surface area contributed by atoms with Crippen LogP contribution in [0, 0.1) is 11.6 Å². The summed E-state index contributed by atoms with van der Waals surface area (Å²) in [5, 5.41) is 0. The number of rotatable bonds is 2. The molecule has 96 valence electrons. The van der Waals surface area contributed by atoms with Crippen molar-refractivity contribution in [1.82, 2.24) is 4.90 Å². The molecule has 1 unspecified atom stereocenters. The lowest BCUT2D eigenvalue weighted by Gasteiger charge is -2.15. The molecule has 2 N–H and O–H groups in total. The average Bonchev–Trinajstić information content (AvgIpc) is 2.57. The first kappa shape index (κ1) is 12.5. The van der Waals surface area contributed by atoms with Crippen LogP contribution >= 0.6 is 0 Å². The largest absolute Gasteiger partial charge is 0.351 e. The molecule has 4 nitrogen and oxygen atoms in total. The van der Waals surface area contributed by atoms with Crippen molar-refractivity contribution in [3.8, 4) is 0 Å². The molecule has 6 heteroatoms. The number of carbonyl (C=O) groups excluding carboxylic acids is 1. The molecular weight excluding hydrogens is 240 g/mol. The quantitative estimate of drug-likeness (QED) is 0.856. The minimum atomic E-state index is -0.651. The normalized spacial score (nSPS) is 18.9. The van der Waals surface area contributed by atoms with Crippen LogP contribution < -0.4 is 5.73 Å². The SMILES string of the molecule is CC1CN(C(N)=O)C(Cc2cc(F)cc(F)c2)=N1. The highest BCUT2D eigenvalue weighted by atomic mass is 19.1. The van der Waals surface area contributed by atoms with E-state index in [1.165, 1.54) is 17.0 Å². The summed E-state index contributed by atoms with van der Waals surface area (Å²) < 4.78 is 26.1. The Hall–Kier alpha value is -1.98. The van der Waals surface area contributed by atoms with Gasteiger partial charge in [0.2, 0.25) is 0 Å². The van der Waals surface area contributed by atoms with Crippen molar-refractivity contribution in [1.29, 1.82) is 0 Å². The summed E-state index contributed by atoms with van der Waals surface area (Å²) >= 11 is 0. The molecule has 0 aromatic heterocycles. The van der Waals surface area contributed by atoms with Gasteiger partial charge in [0.1, 0.15) is 17.5 Å². The number of carbonyl (C=O) groups is 1. The molecule has 1 heterocycles. The van der Waals surface area contributed by atoms with Crippen molar-refractivity contribution in [3.05, 3.63) is 35.4 Å². The lowest BCUT2D eigenvalue weighted by molar-refractivity contribution is 0.231. The number of benzene rings is 1. The van der Waals surface area contributed by atoms with Gasteiger partial charge in [0, 0.05) is 12.5 Å². The predicted molar refractivity (Wildman–Crippen MR) is 63.2 cm³/mol. The molecule has 1 aliphatic heterocycles. The summed E-state index contributed by atoms with van der Waals surface area (Å²) in [4.78, 5) is 16.8. The first-order chi connectivity index (χ1) is 8.45. The molecule has 0 saturated heterocycles. The maximum atomic E-state index is 13.0. The zero-order valence-electron chi connectivity index (χ0n) is 9.86. The molecule has 0 fully saturated rings. The van der Waals surface area contributed by atoms with E-state index in [1.807, 2.05) is 6.92 Å². The van der Waals surface area contributed by atoms with Crippen LogP contribution in [0.15, 0.2) is 23.2 Å². The standard InChI is InChI=1S/C12H13F2N3O/c1-7-6-17(12(15)18)11(16-7)4-8-2-9(13)5-10(14)3-8/h2-3,5,7H,4,6H2,1H3,(H2,15,18). The first-order valence-electron chi connectivity index (χ1n) is 5.54. The summed E-state index contributed by atoms with van der Waals surface area (Å²) in [7, 11) is 0. The van der Waals surface area contributed by atoms with Gasteiger partial charge in [-0.25, -0.2) is 13.6 Å².